The molecule has 1 nitrogen and oxygen atoms in total. The van der Waals surface area contributed by atoms with Gasteiger partial charge in [-0.3, -0.25) is 0 Å². The van der Waals surface area contributed by atoms with E-state index in [-0.39, 0.29) is 0 Å². The zero-order valence-electron chi connectivity index (χ0n) is 6.54. The van der Waals surface area contributed by atoms with Crippen molar-refractivity contribution in [1.29, 1.82) is 0 Å². The molecule has 0 fully saturated rings. The van der Waals surface area contributed by atoms with E-state index in [1.165, 1.54) is 11.3 Å². The first kappa shape index (κ1) is 6.47. The molecule has 0 bridgehead atoms. The summed E-state index contributed by atoms with van der Waals surface area (Å²) >= 11 is 0. The van der Waals surface area contributed by atoms with Crippen molar-refractivity contribution in [2.75, 3.05) is 5.32 Å². The summed E-state index contributed by atoms with van der Waals surface area (Å²) in [7, 11) is 0. The van der Waals surface area contributed by atoms with E-state index >= 15 is 0 Å². The van der Waals surface area contributed by atoms with Crippen molar-refractivity contribution in [2.45, 2.75) is 12.8 Å². The van der Waals surface area contributed by atoms with Crippen LogP contribution in [0.25, 0.3) is 0 Å². The van der Waals surface area contributed by atoms with Gasteiger partial charge in [0.15, 0.2) is 0 Å². The van der Waals surface area contributed by atoms with Gasteiger partial charge in [-0.15, -0.1) is 0 Å². The van der Waals surface area contributed by atoms with Gasteiger partial charge in [0.05, 0.1) is 0 Å². The average molecular weight is 145 g/mol. The van der Waals surface area contributed by atoms with E-state index in [1.807, 2.05) is 6.20 Å². The third-order valence-electron chi connectivity index (χ3n) is 2.08. The van der Waals surface area contributed by atoms with E-state index in [4.69, 9.17) is 0 Å². The third-order valence-corrected chi connectivity index (χ3v) is 2.08. The predicted molar refractivity (Wildman–Crippen MR) is 47.6 cm³/mol. The maximum Gasteiger partial charge on any atom is 0.0418 e. The van der Waals surface area contributed by atoms with Crippen LogP contribution >= 0.6 is 0 Å². The number of hydrogen-bond acceptors (Lipinski definition) is 1. The minimum atomic E-state index is 0.549. The van der Waals surface area contributed by atoms with Gasteiger partial charge in [0.2, 0.25) is 0 Å². The number of hydrogen-bond donors (Lipinski definition) is 1. The summed E-state index contributed by atoms with van der Waals surface area (Å²) in [5.41, 5.74) is 2.62. The van der Waals surface area contributed by atoms with Gasteiger partial charge in [-0.25, -0.2) is 0 Å². The van der Waals surface area contributed by atoms with Crippen molar-refractivity contribution >= 4 is 5.69 Å². The van der Waals surface area contributed by atoms with Crippen molar-refractivity contribution in [1.82, 2.24) is 0 Å². The minimum absolute atomic E-state index is 0.549. The topological polar surface area (TPSA) is 12.0 Å². The lowest BCUT2D eigenvalue weighted by molar-refractivity contribution is 0.954. The zero-order valence-corrected chi connectivity index (χ0v) is 6.54. The summed E-state index contributed by atoms with van der Waals surface area (Å²) in [4.78, 5) is 0. The van der Waals surface area contributed by atoms with Crippen LogP contribution in [0.15, 0.2) is 36.5 Å². The van der Waals surface area contributed by atoms with Gasteiger partial charge in [0, 0.05) is 11.6 Å². The van der Waals surface area contributed by atoms with Crippen molar-refractivity contribution in [3.63, 3.8) is 0 Å². The molecule has 0 saturated carbocycles. The summed E-state index contributed by atoms with van der Waals surface area (Å²) in [6, 6.07) is 8.40. The molecule has 1 aromatic carbocycles. The van der Waals surface area contributed by atoms with Gasteiger partial charge in [-0.1, -0.05) is 31.2 Å². The van der Waals surface area contributed by atoms with Crippen LogP contribution in [-0.2, 0) is 0 Å². The Bertz CT molecular complexity index is 289. The van der Waals surface area contributed by atoms with Crippen LogP contribution in [0.3, 0.4) is 0 Å². The molecular formula is C10H11N. The minimum Gasteiger partial charge on any atom is -0.362 e. The molecule has 1 heteroatoms. The lowest BCUT2D eigenvalue weighted by atomic mass is 9.97. The molecular weight excluding hydrogens is 134 g/mol. The molecule has 1 atom stereocenters. The molecule has 1 unspecified atom stereocenters. The fraction of sp³-hybridized carbons (Fsp3) is 0.200. The van der Waals surface area contributed by atoms with Gasteiger partial charge >= 0.3 is 0 Å². The Hall–Kier alpha value is -1.24. The number of fused-ring (bicyclic) bond motifs is 1. The summed E-state index contributed by atoms with van der Waals surface area (Å²) in [5.74, 6) is 0.549. The Morgan fingerprint density at radius 1 is 1.27 bits per heavy atom. The molecule has 0 saturated heterocycles. The highest BCUT2D eigenvalue weighted by atomic mass is 14.8. The molecule has 0 radical (unpaired) electrons. The normalized spacial score (nSPS) is 20.6. The number of benzene rings is 1. The molecule has 11 heavy (non-hydrogen) atoms. The maximum absolute atomic E-state index is 3.21. The standard InChI is InChI=1S/C10H11N/c1-8-6-7-11-10-5-3-2-4-9(8)10/h2-8,11H,1H3. The van der Waals surface area contributed by atoms with Gasteiger partial charge in [0.1, 0.15) is 0 Å². The van der Waals surface area contributed by atoms with Crippen LogP contribution in [-0.4, -0.2) is 0 Å². The molecule has 1 N–H and O–H groups in total. The third kappa shape index (κ3) is 1.03. The number of para-hydroxylation sites is 1. The first-order chi connectivity index (χ1) is 5.38. The molecule has 1 aliphatic heterocycles. The lowest BCUT2D eigenvalue weighted by Crippen LogP contribution is -2.02. The van der Waals surface area contributed by atoms with Crippen LogP contribution in [0.5, 0.6) is 0 Å². The molecule has 0 aliphatic carbocycles. The summed E-state index contributed by atoms with van der Waals surface area (Å²) < 4.78 is 0. The van der Waals surface area contributed by atoms with Gasteiger partial charge in [0.25, 0.3) is 0 Å². The van der Waals surface area contributed by atoms with Gasteiger partial charge in [-0.05, 0) is 17.8 Å². The van der Waals surface area contributed by atoms with Crippen molar-refractivity contribution < 1.29 is 0 Å². The smallest absolute Gasteiger partial charge is 0.0418 e. The molecule has 0 aromatic heterocycles. The fourth-order valence-corrected chi connectivity index (χ4v) is 1.41. The quantitative estimate of drug-likeness (QED) is 0.592. The van der Waals surface area contributed by atoms with Crippen molar-refractivity contribution in [2.24, 2.45) is 0 Å². The van der Waals surface area contributed by atoms with Crippen LogP contribution in [0, 0.1) is 0 Å². The SMILES string of the molecule is CC1C=CNc2ccccc21. The van der Waals surface area contributed by atoms with E-state index in [0.717, 1.165) is 0 Å². The Balaban J connectivity index is 2.50. The molecule has 1 heterocycles. The number of anilines is 1. The first-order valence-corrected chi connectivity index (χ1v) is 3.90. The van der Waals surface area contributed by atoms with Gasteiger partial charge in [-0.2, -0.15) is 0 Å². The van der Waals surface area contributed by atoms with Crippen molar-refractivity contribution in [3.8, 4) is 0 Å². The Kier molecular flexibility index (Phi) is 1.42. The summed E-state index contributed by atoms with van der Waals surface area (Å²) in [6.45, 7) is 2.20. The van der Waals surface area contributed by atoms with E-state index in [0.29, 0.717) is 5.92 Å². The predicted octanol–water partition coefficient (Wildman–Crippen LogP) is 2.73. The monoisotopic (exact) mass is 145 g/mol. The Morgan fingerprint density at radius 2 is 2.09 bits per heavy atom. The van der Waals surface area contributed by atoms with E-state index < -0.39 is 0 Å². The largest absolute Gasteiger partial charge is 0.362 e. The van der Waals surface area contributed by atoms with Crippen LogP contribution in [0.4, 0.5) is 5.69 Å². The van der Waals surface area contributed by atoms with Crippen LogP contribution in [0.1, 0.15) is 18.4 Å². The first-order valence-electron chi connectivity index (χ1n) is 3.90. The summed E-state index contributed by atoms with van der Waals surface area (Å²) in [5, 5.41) is 3.21. The molecule has 0 amide bonds. The average Bonchev–Trinajstić information content (AvgIpc) is 2.06. The molecule has 1 aromatic rings. The Morgan fingerprint density at radius 3 is 2.91 bits per heavy atom. The number of allylic oxidation sites excluding steroid dienone is 1. The highest BCUT2D eigenvalue weighted by molar-refractivity contribution is 5.57. The van der Waals surface area contributed by atoms with Crippen LogP contribution < -0.4 is 5.32 Å². The van der Waals surface area contributed by atoms with E-state index in [2.05, 4.69) is 42.6 Å². The molecule has 0 spiro atoms. The highest BCUT2D eigenvalue weighted by Crippen LogP contribution is 2.28. The van der Waals surface area contributed by atoms with Gasteiger partial charge < -0.3 is 5.32 Å². The highest BCUT2D eigenvalue weighted by Gasteiger charge is 2.09. The second-order valence-electron chi connectivity index (χ2n) is 2.88. The van der Waals surface area contributed by atoms with E-state index in [1.54, 1.807) is 0 Å². The molecule has 56 valence electrons. The Labute approximate surface area is 66.7 Å². The lowest BCUT2D eigenvalue weighted by Gasteiger charge is -2.17. The zero-order chi connectivity index (χ0) is 7.68. The summed E-state index contributed by atoms with van der Waals surface area (Å²) in [6.07, 6.45) is 4.18. The maximum atomic E-state index is 3.21. The second-order valence-corrected chi connectivity index (χ2v) is 2.88. The van der Waals surface area contributed by atoms with Crippen molar-refractivity contribution in [3.05, 3.63) is 42.1 Å². The number of nitrogens with one attached hydrogen (secondary N) is 1. The molecule has 1 aliphatic rings. The van der Waals surface area contributed by atoms with E-state index in [9.17, 15) is 0 Å². The molecule has 2 rings (SSSR count). The fourth-order valence-electron chi connectivity index (χ4n) is 1.41. The number of rotatable bonds is 0. The van der Waals surface area contributed by atoms with Crippen LogP contribution in [0.2, 0.25) is 0 Å². The second kappa shape index (κ2) is 2.42.